The lowest BCUT2D eigenvalue weighted by Gasteiger charge is -2.09. The zero-order valence-electron chi connectivity index (χ0n) is 8.93. The molecule has 7 nitrogen and oxygen atoms in total. The van der Waals surface area contributed by atoms with Gasteiger partial charge in [0.2, 0.25) is 5.91 Å². The Morgan fingerprint density at radius 1 is 1.53 bits per heavy atom. The summed E-state index contributed by atoms with van der Waals surface area (Å²) >= 11 is 0. The van der Waals surface area contributed by atoms with Crippen molar-refractivity contribution in [2.24, 2.45) is 5.73 Å². The summed E-state index contributed by atoms with van der Waals surface area (Å²) in [4.78, 5) is 21.4. The Hall–Kier alpha value is -2.31. The molecule has 0 bridgehead atoms. The van der Waals surface area contributed by atoms with Gasteiger partial charge in [-0.2, -0.15) is 0 Å². The third-order valence-electron chi connectivity index (χ3n) is 2.44. The number of hydrogen-bond donors (Lipinski definition) is 2. The van der Waals surface area contributed by atoms with Crippen LogP contribution in [-0.4, -0.2) is 24.0 Å². The summed E-state index contributed by atoms with van der Waals surface area (Å²) in [7, 11) is 0. The summed E-state index contributed by atoms with van der Waals surface area (Å²) in [6.07, 6.45) is 0.734. The van der Waals surface area contributed by atoms with Crippen LogP contribution in [0.1, 0.15) is 16.8 Å². The lowest BCUT2D eigenvalue weighted by Crippen LogP contribution is -2.12. The minimum atomic E-state index is -0.719. The van der Waals surface area contributed by atoms with Crippen LogP contribution in [0.25, 0.3) is 0 Å². The summed E-state index contributed by atoms with van der Waals surface area (Å²) in [5.74, 6) is -0.422. The fourth-order valence-corrected chi connectivity index (χ4v) is 1.65. The van der Waals surface area contributed by atoms with Gasteiger partial charge in [-0.15, -0.1) is 0 Å². The number of nitro benzene ring substituents is 1. The number of nitrogens with zero attached hydrogens (tertiary/aromatic N) is 1. The summed E-state index contributed by atoms with van der Waals surface area (Å²) in [6, 6.07) is 2.58. The van der Waals surface area contributed by atoms with E-state index in [1.54, 1.807) is 0 Å². The van der Waals surface area contributed by atoms with Crippen LogP contribution in [0.2, 0.25) is 0 Å². The van der Waals surface area contributed by atoms with Crippen LogP contribution in [0, 0.1) is 10.1 Å². The number of benzene rings is 1. The monoisotopic (exact) mass is 237 g/mol. The number of nitrogens with one attached hydrogen (secondary N) is 1. The number of primary amides is 1. The normalized spacial score (nSPS) is 13.9. The minimum Gasteiger partial charge on any atom is -0.491 e. The van der Waals surface area contributed by atoms with Gasteiger partial charge in [0.05, 0.1) is 11.5 Å². The largest absolute Gasteiger partial charge is 0.491 e. The zero-order valence-corrected chi connectivity index (χ0v) is 8.93. The van der Waals surface area contributed by atoms with Gasteiger partial charge in [-0.1, -0.05) is 0 Å². The van der Waals surface area contributed by atoms with Gasteiger partial charge in [0.1, 0.15) is 5.75 Å². The Morgan fingerprint density at radius 2 is 2.29 bits per heavy atom. The fourth-order valence-electron chi connectivity index (χ4n) is 1.65. The Kier molecular flexibility index (Phi) is 2.82. The molecule has 1 aliphatic rings. The van der Waals surface area contributed by atoms with Gasteiger partial charge in [0, 0.05) is 18.2 Å². The molecule has 0 fully saturated rings. The first-order valence-electron chi connectivity index (χ1n) is 5.08. The van der Waals surface area contributed by atoms with E-state index in [-0.39, 0.29) is 11.3 Å². The number of amides is 1. The summed E-state index contributed by atoms with van der Waals surface area (Å²) in [5, 5.41) is 13.8. The second-order valence-electron chi connectivity index (χ2n) is 3.62. The van der Waals surface area contributed by atoms with E-state index in [9.17, 15) is 14.9 Å². The predicted octanol–water partition coefficient (Wildman–Crippen LogP) is 0.888. The molecule has 0 unspecified atom stereocenters. The van der Waals surface area contributed by atoms with Crippen LogP contribution in [0.15, 0.2) is 12.1 Å². The number of nitro groups is 1. The molecule has 1 aromatic carbocycles. The summed E-state index contributed by atoms with van der Waals surface area (Å²) < 4.78 is 5.36. The third kappa shape index (κ3) is 2.12. The molecule has 0 aromatic heterocycles. The molecule has 90 valence electrons. The SMILES string of the molecule is NC(=O)c1cc2c(c([N+](=O)[O-])c1)NCCCO2. The van der Waals surface area contributed by atoms with Crippen molar-refractivity contribution in [3.8, 4) is 5.75 Å². The highest BCUT2D eigenvalue weighted by Crippen LogP contribution is 2.37. The van der Waals surface area contributed by atoms with Gasteiger partial charge >= 0.3 is 0 Å². The Balaban J connectivity index is 2.59. The fraction of sp³-hybridized carbons (Fsp3) is 0.300. The molecule has 1 aliphatic heterocycles. The van der Waals surface area contributed by atoms with Crippen molar-refractivity contribution in [2.45, 2.75) is 6.42 Å². The van der Waals surface area contributed by atoms with Crippen LogP contribution in [0.4, 0.5) is 11.4 Å². The molecular weight excluding hydrogens is 226 g/mol. The van der Waals surface area contributed by atoms with E-state index in [0.29, 0.717) is 24.6 Å². The van der Waals surface area contributed by atoms with Crippen molar-refractivity contribution >= 4 is 17.3 Å². The maximum atomic E-state index is 11.1. The number of ether oxygens (including phenoxy) is 1. The maximum Gasteiger partial charge on any atom is 0.296 e. The number of rotatable bonds is 2. The van der Waals surface area contributed by atoms with Gasteiger partial charge in [-0.25, -0.2) is 0 Å². The first-order valence-corrected chi connectivity index (χ1v) is 5.08. The van der Waals surface area contributed by atoms with Crippen molar-refractivity contribution in [1.82, 2.24) is 0 Å². The summed E-state index contributed by atoms with van der Waals surface area (Å²) in [5.41, 5.74) is 5.29. The van der Waals surface area contributed by atoms with Crippen LogP contribution in [0.5, 0.6) is 5.75 Å². The smallest absolute Gasteiger partial charge is 0.296 e. The highest BCUT2D eigenvalue weighted by Gasteiger charge is 2.23. The van der Waals surface area contributed by atoms with Gasteiger partial charge in [0.25, 0.3) is 5.69 Å². The van der Waals surface area contributed by atoms with Gasteiger partial charge < -0.3 is 15.8 Å². The molecule has 1 heterocycles. The molecule has 0 atom stereocenters. The molecule has 0 spiro atoms. The van der Waals surface area contributed by atoms with E-state index in [2.05, 4.69) is 5.32 Å². The van der Waals surface area contributed by atoms with Crippen LogP contribution >= 0.6 is 0 Å². The Morgan fingerprint density at radius 3 is 2.94 bits per heavy atom. The lowest BCUT2D eigenvalue weighted by molar-refractivity contribution is -0.384. The molecule has 0 saturated heterocycles. The van der Waals surface area contributed by atoms with Gasteiger partial charge in [-0.05, 0) is 12.5 Å². The van der Waals surface area contributed by atoms with E-state index >= 15 is 0 Å². The number of fused-ring (bicyclic) bond motifs is 1. The first-order chi connectivity index (χ1) is 8.09. The molecule has 1 amide bonds. The lowest BCUT2D eigenvalue weighted by atomic mass is 10.1. The second kappa shape index (κ2) is 4.28. The molecule has 3 N–H and O–H groups in total. The molecule has 17 heavy (non-hydrogen) atoms. The third-order valence-corrected chi connectivity index (χ3v) is 2.44. The van der Waals surface area contributed by atoms with Crippen molar-refractivity contribution < 1.29 is 14.5 Å². The van der Waals surface area contributed by atoms with E-state index in [4.69, 9.17) is 10.5 Å². The van der Waals surface area contributed by atoms with Crippen LogP contribution in [0.3, 0.4) is 0 Å². The average molecular weight is 237 g/mol. The summed E-state index contributed by atoms with van der Waals surface area (Å²) in [6.45, 7) is 1.03. The molecule has 7 heteroatoms. The van der Waals surface area contributed by atoms with Gasteiger partial charge in [0.15, 0.2) is 5.69 Å². The van der Waals surface area contributed by atoms with Crippen molar-refractivity contribution in [1.29, 1.82) is 0 Å². The second-order valence-corrected chi connectivity index (χ2v) is 3.62. The quantitative estimate of drug-likeness (QED) is 0.586. The van der Waals surface area contributed by atoms with Crippen molar-refractivity contribution in [3.63, 3.8) is 0 Å². The van der Waals surface area contributed by atoms with Gasteiger partial charge in [-0.3, -0.25) is 14.9 Å². The molecule has 0 radical (unpaired) electrons. The maximum absolute atomic E-state index is 11.1. The van der Waals surface area contributed by atoms with E-state index in [0.717, 1.165) is 12.5 Å². The number of carbonyl (C=O) groups excluding carboxylic acids is 1. The first kappa shape index (κ1) is 11.2. The van der Waals surface area contributed by atoms with Crippen molar-refractivity contribution in [3.05, 3.63) is 27.8 Å². The van der Waals surface area contributed by atoms with Crippen molar-refractivity contribution in [2.75, 3.05) is 18.5 Å². The molecule has 0 aliphatic carbocycles. The van der Waals surface area contributed by atoms with Crippen LogP contribution in [-0.2, 0) is 0 Å². The number of hydrogen-bond acceptors (Lipinski definition) is 5. The number of nitrogens with two attached hydrogens (primary N) is 1. The van der Waals surface area contributed by atoms with E-state index in [1.165, 1.54) is 6.07 Å². The molecule has 2 rings (SSSR count). The highest BCUT2D eigenvalue weighted by atomic mass is 16.6. The molecular formula is C10H11N3O4. The molecule has 0 saturated carbocycles. The number of anilines is 1. The average Bonchev–Trinajstić information content (AvgIpc) is 2.51. The van der Waals surface area contributed by atoms with E-state index in [1.807, 2.05) is 0 Å². The number of carbonyl (C=O) groups is 1. The molecule has 1 aromatic rings. The topological polar surface area (TPSA) is 107 Å². The Labute approximate surface area is 96.7 Å². The van der Waals surface area contributed by atoms with E-state index < -0.39 is 10.8 Å². The standard InChI is InChI=1S/C10H11N3O4/c11-10(14)6-4-7(13(15)16)9-8(5-6)17-3-1-2-12-9/h4-5,12H,1-3H2,(H2,11,14). The predicted molar refractivity (Wildman–Crippen MR) is 60.2 cm³/mol. The highest BCUT2D eigenvalue weighted by molar-refractivity contribution is 5.95. The van der Waals surface area contributed by atoms with Crippen LogP contribution < -0.4 is 15.8 Å². The minimum absolute atomic E-state index is 0.0687. The Bertz CT molecular complexity index is 487. The zero-order chi connectivity index (χ0) is 12.4.